The Bertz CT molecular complexity index is 319. The molecule has 0 spiro atoms. The van der Waals surface area contributed by atoms with Gasteiger partial charge in [0.25, 0.3) is 0 Å². The average molecular weight is 254 g/mol. The monoisotopic (exact) mass is 254 g/mol. The second-order valence-corrected chi connectivity index (χ2v) is 5.10. The quantitative estimate of drug-likeness (QED) is 0.562. The highest BCUT2D eigenvalue weighted by Gasteiger charge is 2.14. The van der Waals surface area contributed by atoms with E-state index >= 15 is 0 Å². The van der Waals surface area contributed by atoms with Gasteiger partial charge in [-0.25, -0.2) is 9.97 Å². The fraction of sp³-hybridized carbons (Fsp3) is 0.636. The van der Waals surface area contributed by atoms with Crippen molar-refractivity contribution >= 4 is 11.8 Å². The molecule has 0 aliphatic carbocycles. The molecule has 1 aromatic heterocycles. The number of aliphatic hydroxyl groups excluding tert-OH is 1. The zero-order valence-electron chi connectivity index (χ0n) is 9.75. The Balaban J connectivity index is 1.68. The molecule has 1 fully saturated rings. The first-order valence-corrected chi connectivity index (χ1v) is 6.83. The van der Waals surface area contributed by atoms with Gasteiger partial charge in [-0.05, 0) is 6.07 Å². The van der Waals surface area contributed by atoms with Crippen LogP contribution in [0, 0.1) is 0 Å². The largest absolute Gasteiger partial charge is 0.391 e. The topological polar surface area (TPSA) is 61.3 Å². The molecule has 6 heteroatoms. The molecule has 0 aromatic carbocycles. The van der Waals surface area contributed by atoms with Crippen LogP contribution in [0.4, 0.5) is 0 Å². The van der Waals surface area contributed by atoms with Gasteiger partial charge in [0.1, 0.15) is 6.33 Å². The molecule has 1 atom stereocenters. The predicted octanol–water partition coefficient (Wildman–Crippen LogP) is -0.165. The number of β-amino-alcohol motifs (C(OH)–C–C–N with tert-alkyl or cyclic N) is 1. The fourth-order valence-electron chi connectivity index (χ4n) is 1.79. The summed E-state index contributed by atoms with van der Waals surface area (Å²) in [4.78, 5) is 10.3. The Labute approximate surface area is 106 Å². The Kier molecular flexibility index (Phi) is 5.18. The van der Waals surface area contributed by atoms with Gasteiger partial charge in [0.15, 0.2) is 0 Å². The van der Waals surface area contributed by atoms with Crippen LogP contribution in [-0.4, -0.2) is 64.6 Å². The minimum atomic E-state index is -0.298. The number of piperazine rings is 1. The number of nitrogens with zero attached hydrogens (tertiary/aromatic N) is 3. The number of hydrogen-bond acceptors (Lipinski definition) is 6. The lowest BCUT2D eigenvalue weighted by atomic mass is 10.3. The predicted molar refractivity (Wildman–Crippen MR) is 68.1 cm³/mol. The summed E-state index contributed by atoms with van der Waals surface area (Å²) < 4.78 is 0. The molecule has 1 unspecified atom stereocenters. The van der Waals surface area contributed by atoms with E-state index in [9.17, 15) is 5.11 Å². The van der Waals surface area contributed by atoms with Gasteiger partial charge in [-0.3, -0.25) is 4.90 Å². The summed E-state index contributed by atoms with van der Waals surface area (Å²) >= 11 is 1.57. The molecule has 0 bridgehead atoms. The smallest absolute Gasteiger partial charge is 0.116 e. The molecular formula is C11H18N4OS. The number of rotatable bonds is 5. The highest BCUT2D eigenvalue weighted by Crippen LogP contribution is 2.14. The maximum atomic E-state index is 9.94. The average Bonchev–Trinajstić information content (AvgIpc) is 2.39. The molecule has 17 heavy (non-hydrogen) atoms. The molecule has 1 aliphatic rings. The van der Waals surface area contributed by atoms with Crippen LogP contribution in [0.5, 0.6) is 0 Å². The first kappa shape index (κ1) is 12.8. The second kappa shape index (κ2) is 6.90. The van der Waals surface area contributed by atoms with E-state index < -0.39 is 0 Å². The number of hydrogen-bond donors (Lipinski definition) is 2. The van der Waals surface area contributed by atoms with Gasteiger partial charge >= 0.3 is 0 Å². The van der Waals surface area contributed by atoms with Crippen molar-refractivity contribution in [2.45, 2.75) is 11.1 Å². The maximum Gasteiger partial charge on any atom is 0.116 e. The van der Waals surface area contributed by atoms with E-state index in [-0.39, 0.29) is 6.10 Å². The molecule has 1 aliphatic heterocycles. The molecule has 94 valence electrons. The molecule has 2 rings (SSSR count). The van der Waals surface area contributed by atoms with E-state index in [1.54, 1.807) is 18.0 Å². The van der Waals surface area contributed by atoms with Gasteiger partial charge in [-0.15, -0.1) is 11.8 Å². The first-order valence-electron chi connectivity index (χ1n) is 5.84. The normalized spacial score (nSPS) is 19.1. The van der Waals surface area contributed by atoms with Gasteiger partial charge in [-0.2, -0.15) is 0 Å². The summed E-state index contributed by atoms with van der Waals surface area (Å²) in [5, 5.41) is 14.2. The molecule has 2 N–H and O–H groups in total. The SMILES string of the molecule is OC(CSc1ccncn1)CN1CCNCC1. The Morgan fingerprint density at radius 1 is 1.47 bits per heavy atom. The van der Waals surface area contributed by atoms with Crippen LogP contribution in [0.1, 0.15) is 0 Å². The zero-order valence-corrected chi connectivity index (χ0v) is 10.6. The highest BCUT2D eigenvalue weighted by atomic mass is 32.2. The van der Waals surface area contributed by atoms with Crippen molar-refractivity contribution in [3.63, 3.8) is 0 Å². The third-order valence-electron chi connectivity index (χ3n) is 2.66. The summed E-state index contributed by atoms with van der Waals surface area (Å²) in [6.07, 6.45) is 2.95. The van der Waals surface area contributed by atoms with Crippen LogP contribution in [-0.2, 0) is 0 Å². The highest BCUT2D eigenvalue weighted by molar-refractivity contribution is 7.99. The number of aromatic nitrogens is 2. The lowest BCUT2D eigenvalue weighted by molar-refractivity contribution is 0.121. The third-order valence-corrected chi connectivity index (χ3v) is 3.75. The van der Waals surface area contributed by atoms with Crippen LogP contribution in [0.2, 0.25) is 0 Å². The molecule has 5 nitrogen and oxygen atoms in total. The molecule has 2 heterocycles. The van der Waals surface area contributed by atoms with E-state index in [0.717, 1.165) is 37.7 Å². The summed E-state index contributed by atoms with van der Waals surface area (Å²) in [6.45, 7) is 4.84. The third kappa shape index (κ3) is 4.59. The number of aliphatic hydroxyl groups is 1. The van der Waals surface area contributed by atoms with Gasteiger partial charge < -0.3 is 10.4 Å². The van der Waals surface area contributed by atoms with Crippen molar-refractivity contribution in [1.82, 2.24) is 20.2 Å². The second-order valence-electron chi connectivity index (χ2n) is 4.06. The van der Waals surface area contributed by atoms with Crippen LogP contribution in [0.25, 0.3) is 0 Å². The fourth-order valence-corrected chi connectivity index (χ4v) is 2.54. The van der Waals surface area contributed by atoms with Crippen molar-refractivity contribution in [3.05, 3.63) is 18.6 Å². The van der Waals surface area contributed by atoms with Crippen molar-refractivity contribution in [1.29, 1.82) is 0 Å². The van der Waals surface area contributed by atoms with Gasteiger partial charge in [0, 0.05) is 44.7 Å². The van der Waals surface area contributed by atoms with E-state index in [0.29, 0.717) is 5.75 Å². The maximum absolute atomic E-state index is 9.94. The summed E-state index contributed by atoms with van der Waals surface area (Å²) in [6, 6.07) is 1.86. The van der Waals surface area contributed by atoms with Crippen molar-refractivity contribution < 1.29 is 5.11 Å². The van der Waals surface area contributed by atoms with E-state index in [1.807, 2.05) is 6.07 Å². The number of nitrogens with one attached hydrogen (secondary N) is 1. The lowest BCUT2D eigenvalue weighted by Gasteiger charge is -2.28. The standard InChI is InChI=1S/C11H18N4OS/c16-10(7-15-5-3-12-4-6-15)8-17-11-1-2-13-9-14-11/h1-2,9-10,12,16H,3-8H2. The number of thioether (sulfide) groups is 1. The molecule has 1 aromatic rings. The summed E-state index contributed by atoms with van der Waals surface area (Å²) in [7, 11) is 0. The summed E-state index contributed by atoms with van der Waals surface area (Å²) in [5.41, 5.74) is 0. The van der Waals surface area contributed by atoms with Crippen LogP contribution in [0.15, 0.2) is 23.6 Å². The zero-order chi connectivity index (χ0) is 11.9. The van der Waals surface area contributed by atoms with Crippen LogP contribution < -0.4 is 5.32 Å². The Morgan fingerprint density at radius 3 is 3.00 bits per heavy atom. The van der Waals surface area contributed by atoms with Gasteiger partial charge in [-0.1, -0.05) is 0 Å². The Morgan fingerprint density at radius 2 is 2.29 bits per heavy atom. The first-order chi connectivity index (χ1) is 8.34. The molecule has 0 radical (unpaired) electrons. The van der Waals surface area contributed by atoms with Crippen molar-refractivity contribution in [2.75, 3.05) is 38.5 Å². The minimum absolute atomic E-state index is 0.298. The molecule has 0 amide bonds. The van der Waals surface area contributed by atoms with Crippen LogP contribution in [0.3, 0.4) is 0 Å². The van der Waals surface area contributed by atoms with Crippen LogP contribution >= 0.6 is 11.8 Å². The van der Waals surface area contributed by atoms with E-state index in [4.69, 9.17) is 0 Å². The molecular weight excluding hydrogens is 236 g/mol. The van der Waals surface area contributed by atoms with Crippen molar-refractivity contribution in [2.24, 2.45) is 0 Å². The van der Waals surface area contributed by atoms with Crippen molar-refractivity contribution in [3.8, 4) is 0 Å². The molecule has 0 saturated carbocycles. The van der Waals surface area contributed by atoms with Gasteiger partial charge in [0.2, 0.25) is 0 Å². The minimum Gasteiger partial charge on any atom is -0.391 e. The molecule has 1 saturated heterocycles. The Hall–Kier alpha value is -0.690. The van der Waals surface area contributed by atoms with E-state index in [1.165, 1.54) is 6.33 Å². The summed E-state index contributed by atoms with van der Waals surface area (Å²) in [5.74, 6) is 0.681. The lowest BCUT2D eigenvalue weighted by Crippen LogP contribution is -2.46. The van der Waals surface area contributed by atoms with Gasteiger partial charge in [0.05, 0.1) is 11.1 Å². The van der Waals surface area contributed by atoms with E-state index in [2.05, 4.69) is 20.2 Å².